The second kappa shape index (κ2) is 6.14. The molecule has 20 heavy (non-hydrogen) atoms. The number of halogens is 2. The molecule has 1 nitrogen and oxygen atoms in total. The fraction of sp³-hybridized carbons (Fsp3) is 0.294. The molecular formula is C17H19F2N. The van der Waals surface area contributed by atoms with Gasteiger partial charge in [-0.15, -0.1) is 0 Å². The highest BCUT2D eigenvalue weighted by molar-refractivity contribution is 5.65. The van der Waals surface area contributed by atoms with Gasteiger partial charge in [-0.05, 0) is 47.9 Å². The molecule has 2 rings (SSSR count). The van der Waals surface area contributed by atoms with E-state index in [9.17, 15) is 8.78 Å². The normalized spacial score (nSPS) is 11.1. The maximum absolute atomic E-state index is 13.8. The molecule has 0 aliphatic heterocycles. The molecule has 0 bridgehead atoms. The molecule has 0 aromatic heterocycles. The summed E-state index contributed by atoms with van der Waals surface area (Å²) in [6.45, 7) is 6.33. The molecule has 0 atom stereocenters. The van der Waals surface area contributed by atoms with Crippen LogP contribution in [0.25, 0.3) is 11.1 Å². The third-order valence-electron chi connectivity index (χ3n) is 3.12. The molecule has 0 aliphatic carbocycles. The molecule has 0 aliphatic rings. The van der Waals surface area contributed by atoms with Gasteiger partial charge >= 0.3 is 0 Å². The smallest absolute Gasteiger partial charge is 0.127 e. The van der Waals surface area contributed by atoms with Crippen LogP contribution in [0.1, 0.15) is 25.0 Å². The molecular weight excluding hydrogens is 256 g/mol. The molecule has 2 aromatic rings. The fourth-order valence-electron chi connectivity index (χ4n) is 2.11. The maximum atomic E-state index is 13.8. The summed E-state index contributed by atoms with van der Waals surface area (Å²) in [6, 6.07) is 10.0. The van der Waals surface area contributed by atoms with Gasteiger partial charge in [-0.2, -0.15) is 0 Å². The van der Waals surface area contributed by atoms with E-state index in [1.807, 2.05) is 26.8 Å². The summed E-state index contributed by atoms with van der Waals surface area (Å²) in [6.07, 6.45) is 0. The van der Waals surface area contributed by atoms with Crippen LogP contribution in [0, 0.1) is 18.6 Å². The summed E-state index contributed by atoms with van der Waals surface area (Å²) >= 11 is 0. The average molecular weight is 275 g/mol. The Bertz CT molecular complexity index is 586. The van der Waals surface area contributed by atoms with Gasteiger partial charge in [-0.1, -0.05) is 26.0 Å². The SMILES string of the molecule is Cc1cc(F)cc(-c2ccc(F)c(CNC(C)C)c2)c1. The minimum absolute atomic E-state index is 0.241. The van der Waals surface area contributed by atoms with Gasteiger partial charge in [0.15, 0.2) is 0 Å². The van der Waals surface area contributed by atoms with Crippen LogP contribution in [0.5, 0.6) is 0 Å². The molecule has 0 radical (unpaired) electrons. The standard InChI is InChI=1S/C17H19F2N/c1-11(2)20-10-15-8-13(4-5-17(15)19)14-6-12(3)7-16(18)9-14/h4-9,11,20H,10H2,1-3H3. The Labute approximate surface area is 118 Å². The predicted molar refractivity (Wildman–Crippen MR) is 78.5 cm³/mol. The van der Waals surface area contributed by atoms with Crippen LogP contribution in [-0.2, 0) is 6.54 Å². The predicted octanol–water partition coefficient (Wildman–Crippen LogP) is 4.44. The topological polar surface area (TPSA) is 12.0 Å². The molecule has 2 aromatic carbocycles. The zero-order chi connectivity index (χ0) is 14.7. The number of benzene rings is 2. The molecule has 3 heteroatoms. The first-order valence-electron chi connectivity index (χ1n) is 6.75. The second-order valence-corrected chi connectivity index (χ2v) is 5.36. The Hall–Kier alpha value is -1.74. The van der Waals surface area contributed by atoms with E-state index in [2.05, 4.69) is 5.32 Å². The molecule has 0 amide bonds. The number of aryl methyl sites for hydroxylation is 1. The van der Waals surface area contributed by atoms with E-state index in [4.69, 9.17) is 0 Å². The molecule has 0 heterocycles. The summed E-state index contributed by atoms with van der Waals surface area (Å²) in [5.41, 5.74) is 3.05. The molecule has 0 unspecified atom stereocenters. The monoisotopic (exact) mass is 275 g/mol. The maximum Gasteiger partial charge on any atom is 0.127 e. The molecule has 106 valence electrons. The Kier molecular flexibility index (Phi) is 4.50. The van der Waals surface area contributed by atoms with Gasteiger partial charge < -0.3 is 5.32 Å². The second-order valence-electron chi connectivity index (χ2n) is 5.36. The van der Waals surface area contributed by atoms with Crippen molar-refractivity contribution in [1.82, 2.24) is 5.32 Å². The minimum Gasteiger partial charge on any atom is -0.310 e. The summed E-state index contributed by atoms with van der Waals surface area (Å²) < 4.78 is 27.2. The molecule has 0 spiro atoms. The van der Waals surface area contributed by atoms with Crippen LogP contribution >= 0.6 is 0 Å². The van der Waals surface area contributed by atoms with Crippen molar-refractivity contribution in [3.63, 3.8) is 0 Å². The van der Waals surface area contributed by atoms with Gasteiger partial charge in [-0.3, -0.25) is 0 Å². The van der Waals surface area contributed by atoms with E-state index >= 15 is 0 Å². The number of hydrogen-bond acceptors (Lipinski definition) is 1. The summed E-state index contributed by atoms with van der Waals surface area (Å²) in [5.74, 6) is -0.513. The van der Waals surface area contributed by atoms with Crippen molar-refractivity contribution in [1.29, 1.82) is 0 Å². The highest BCUT2D eigenvalue weighted by atomic mass is 19.1. The van der Waals surface area contributed by atoms with Crippen LogP contribution in [0.2, 0.25) is 0 Å². The van der Waals surface area contributed by atoms with E-state index in [-0.39, 0.29) is 17.7 Å². The van der Waals surface area contributed by atoms with Gasteiger partial charge in [-0.25, -0.2) is 8.78 Å². The summed E-state index contributed by atoms with van der Waals surface area (Å²) in [5, 5.41) is 3.19. The van der Waals surface area contributed by atoms with Crippen molar-refractivity contribution >= 4 is 0 Å². The van der Waals surface area contributed by atoms with Gasteiger partial charge in [0.25, 0.3) is 0 Å². The zero-order valence-electron chi connectivity index (χ0n) is 12.0. The van der Waals surface area contributed by atoms with Gasteiger partial charge in [0.05, 0.1) is 0 Å². The lowest BCUT2D eigenvalue weighted by molar-refractivity contribution is 0.553. The highest BCUT2D eigenvalue weighted by Gasteiger charge is 2.07. The van der Waals surface area contributed by atoms with E-state index < -0.39 is 0 Å². The molecule has 1 N–H and O–H groups in total. The van der Waals surface area contributed by atoms with Crippen molar-refractivity contribution in [3.8, 4) is 11.1 Å². The third-order valence-corrected chi connectivity index (χ3v) is 3.12. The van der Waals surface area contributed by atoms with Crippen LogP contribution in [0.15, 0.2) is 36.4 Å². The van der Waals surface area contributed by atoms with Crippen molar-refractivity contribution in [3.05, 3.63) is 59.2 Å². The number of rotatable bonds is 4. The van der Waals surface area contributed by atoms with Crippen molar-refractivity contribution in [2.24, 2.45) is 0 Å². The third kappa shape index (κ3) is 3.64. The Morgan fingerprint density at radius 3 is 2.40 bits per heavy atom. The van der Waals surface area contributed by atoms with Crippen molar-refractivity contribution in [2.45, 2.75) is 33.4 Å². The Morgan fingerprint density at radius 2 is 1.75 bits per heavy atom. The quantitative estimate of drug-likeness (QED) is 0.870. The first-order valence-corrected chi connectivity index (χ1v) is 6.75. The Morgan fingerprint density at radius 1 is 1.00 bits per heavy atom. The van der Waals surface area contributed by atoms with Crippen molar-refractivity contribution < 1.29 is 8.78 Å². The van der Waals surface area contributed by atoms with Gasteiger partial charge in [0.2, 0.25) is 0 Å². The number of nitrogens with one attached hydrogen (secondary N) is 1. The van der Waals surface area contributed by atoms with Crippen LogP contribution in [0.4, 0.5) is 8.78 Å². The number of hydrogen-bond donors (Lipinski definition) is 1. The first kappa shape index (κ1) is 14.7. The minimum atomic E-state index is -0.272. The fourth-order valence-corrected chi connectivity index (χ4v) is 2.11. The van der Waals surface area contributed by atoms with E-state index in [0.29, 0.717) is 12.1 Å². The highest BCUT2D eigenvalue weighted by Crippen LogP contribution is 2.24. The average Bonchev–Trinajstić information content (AvgIpc) is 2.36. The van der Waals surface area contributed by atoms with E-state index in [0.717, 1.165) is 16.7 Å². The van der Waals surface area contributed by atoms with Crippen LogP contribution < -0.4 is 5.32 Å². The summed E-state index contributed by atoms with van der Waals surface area (Å²) in [4.78, 5) is 0. The lowest BCUT2D eigenvalue weighted by Gasteiger charge is -2.11. The lowest BCUT2D eigenvalue weighted by Crippen LogP contribution is -2.22. The van der Waals surface area contributed by atoms with Crippen LogP contribution in [-0.4, -0.2) is 6.04 Å². The lowest BCUT2D eigenvalue weighted by atomic mass is 10.0. The van der Waals surface area contributed by atoms with Crippen LogP contribution in [0.3, 0.4) is 0 Å². The largest absolute Gasteiger partial charge is 0.310 e. The van der Waals surface area contributed by atoms with E-state index in [1.165, 1.54) is 18.2 Å². The molecule has 0 saturated heterocycles. The molecule has 0 fully saturated rings. The van der Waals surface area contributed by atoms with Gasteiger partial charge in [0.1, 0.15) is 11.6 Å². The Balaban J connectivity index is 2.35. The van der Waals surface area contributed by atoms with Gasteiger partial charge in [0, 0.05) is 18.2 Å². The van der Waals surface area contributed by atoms with Crippen molar-refractivity contribution in [2.75, 3.05) is 0 Å². The first-order chi connectivity index (χ1) is 9.45. The zero-order valence-corrected chi connectivity index (χ0v) is 12.0. The summed E-state index contributed by atoms with van der Waals surface area (Å²) in [7, 11) is 0. The van der Waals surface area contributed by atoms with E-state index in [1.54, 1.807) is 12.1 Å². The molecule has 0 saturated carbocycles.